The standard InChI is InChI=1S/C15H30N2O/c1-4-15(5-2,12-16)14(18)17(3)13-10-8-6-7-9-11-13/h13H,4-12,16H2,1-3H3. The van der Waals surface area contributed by atoms with E-state index in [0.29, 0.717) is 12.6 Å². The lowest BCUT2D eigenvalue weighted by molar-refractivity contribution is -0.143. The zero-order valence-corrected chi connectivity index (χ0v) is 12.4. The molecule has 106 valence electrons. The second-order valence-electron chi connectivity index (χ2n) is 5.75. The fraction of sp³-hybridized carbons (Fsp3) is 0.933. The normalized spacial score (nSPS) is 18.4. The maximum Gasteiger partial charge on any atom is 0.230 e. The van der Waals surface area contributed by atoms with Gasteiger partial charge in [-0.25, -0.2) is 0 Å². The molecule has 0 heterocycles. The van der Waals surface area contributed by atoms with Gasteiger partial charge in [-0.05, 0) is 25.7 Å². The molecule has 0 bridgehead atoms. The summed E-state index contributed by atoms with van der Waals surface area (Å²) in [6.07, 6.45) is 9.18. The van der Waals surface area contributed by atoms with Crippen LogP contribution in [-0.4, -0.2) is 30.4 Å². The monoisotopic (exact) mass is 254 g/mol. The molecular weight excluding hydrogens is 224 g/mol. The van der Waals surface area contributed by atoms with Gasteiger partial charge in [0, 0.05) is 19.6 Å². The molecule has 0 spiro atoms. The number of nitrogens with zero attached hydrogens (tertiary/aromatic N) is 1. The molecule has 18 heavy (non-hydrogen) atoms. The average molecular weight is 254 g/mol. The van der Waals surface area contributed by atoms with Crippen LogP contribution in [0, 0.1) is 5.41 Å². The van der Waals surface area contributed by atoms with Crippen LogP contribution in [-0.2, 0) is 4.79 Å². The van der Waals surface area contributed by atoms with Gasteiger partial charge in [-0.15, -0.1) is 0 Å². The maximum atomic E-state index is 12.7. The molecule has 1 fully saturated rings. The number of carbonyl (C=O) groups is 1. The molecule has 0 aromatic rings. The van der Waals surface area contributed by atoms with Gasteiger partial charge < -0.3 is 10.6 Å². The molecule has 0 aliphatic heterocycles. The number of nitrogens with two attached hydrogens (primary N) is 1. The van der Waals surface area contributed by atoms with Crippen LogP contribution in [0.4, 0.5) is 0 Å². The van der Waals surface area contributed by atoms with Crippen LogP contribution in [0.15, 0.2) is 0 Å². The molecule has 1 rings (SSSR count). The van der Waals surface area contributed by atoms with Crippen molar-refractivity contribution in [2.45, 2.75) is 71.3 Å². The van der Waals surface area contributed by atoms with Gasteiger partial charge in [0.05, 0.1) is 5.41 Å². The summed E-state index contributed by atoms with van der Waals surface area (Å²) in [5.41, 5.74) is 5.55. The van der Waals surface area contributed by atoms with Crippen LogP contribution in [0.2, 0.25) is 0 Å². The third-order valence-corrected chi connectivity index (χ3v) is 4.89. The maximum absolute atomic E-state index is 12.7. The van der Waals surface area contributed by atoms with E-state index in [0.717, 1.165) is 25.7 Å². The van der Waals surface area contributed by atoms with E-state index in [1.165, 1.54) is 25.7 Å². The smallest absolute Gasteiger partial charge is 0.230 e. The van der Waals surface area contributed by atoms with Crippen molar-refractivity contribution in [3.05, 3.63) is 0 Å². The van der Waals surface area contributed by atoms with Gasteiger partial charge in [0.1, 0.15) is 0 Å². The predicted octanol–water partition coefficient (Wildman–Crippen LogP) is 2.93. The molecule has 0 unspecified atom stereocenters. The number of carbonyl (C=O) groups excluding carboxylic acids is 1. The fourth-order valence-corrected chi connectivity index (χ4v) is 3.11. The van der Waals surface area contributed by atoms with E-state index in [4.69, 9.17) is 5.73 Å². The summed E-state index contributed by atoms with van der Waals surface area (Å²) in [5.74, 6) is 0.266. The summed E-state index contributed by atoms with van der Waals surface area (Å²) in [7, 11) is 1.98. The summed E-state index contributed by atoms with van der Waals surface area (Å²) in [5, 5.41) is 0. The Hall–Kier alpha value is -0.570. The Labute approximate surface area is 112 Å². The molecule has 3 heteroatoms. The van der Waals surface area contributed by atoms with Crippen molar-refractivity contribution < 1.29 is 4.79 Å². The van der Waals surface area contributed by atoms with Crippen LogP contribution in [0.1, 0.15) is 65.2 Å². The molecule has 0 atom stereocenters. The van der Waals surface area contributed by atoms with Gasteiger partial charge in [0.25, 0.3) is 0 Å². The Morgan fingerprint density at radius 1 is 1.17 bits per heavy atom. The summed E-state index contributed by atoms with van der Waals surface area (Å²) in [6.45, 7) is 4.63. The SMILES string of the molecule is CCC(CC)(CN)C(=O)N(C)C1CCCCCC1. The van der Waals surface area contributed by atoms with Crippen molar-refractivity contribution in [3.63, 3.8) is 0 Å². The molecule has 1 saturated carbocycles. The first kappa shape index (κ1) is 15.5. The van der Waals surface area contributed by atoms with E-state index >= 15 is 0 Å². The Morgan fingerprint density at radius 2 is 1.67 bits per heavy atom. The highest BCUT2D eigenvalue weighted by molar-refractivity contribution is 5.83. The van der Waals surface area contributed by atoms with Crippen LogP contribution in [0.5, 0.6) is 0 Å². The Kier molecular flexibility index (Phi) is 6.13. The number of hydrogen-bond donors (Lipinski definition) is 1. The van der Waals surface area contributed by atoms with Crippen LogP contribution in [0.25, 0.3) is 0 Å². The van der Waals surface area contributed by atoms with E-state index in [2.05, 4.69) is 13.8 Å². The van der Waals surface area contributed by atoms with E-state index in [1.807, 2.05) is 11.9 Å². The zero-order valence-electron chi connectivity index (χ0n) is 12.4. The van der Waals surface area contributed by atoms with Crippen LogP contribution >= 0.6 is 0 Å². The van der Waals surface area contributed by atoms with E-state index in [1.54, 1.807) is 0 Å². The first-order valence-corrected chi connectivity index (χ1v) is 7.58. The molecule has 3 nitrogen and oxygen atoms in total. The number of amides is 1. The Morgan fingerprint density at radius 3 is 2.06 bits per heavy atom. The van der Waals surface area contributed by atoms with Gasteiger partial charge in [-0.2, -0.15) is 0 Å². The van der Waals surface area contributed by atoms with Crippen LogP contribution in [0.3, 0.4) is 0 Å². The molecule has 1 aliphatic carbocycles. The molecule has 0 saturated heterocycles. The van der Waals surface area contributed by atoms with Crippen molar-refractivity contribution in [3.8, 4) is 0 Å². The third kappa shape index (κ3) is 3.25. The van der Waals surface area contributed by atoms with E-state index in [9.17, 15) is 4.79 Å². The quantitative estimate of drug-likeness (QED) is 0.767. The van der Waals surface area contributed by atoms with Gasteiger partial charge in [0.2, 0.25) is 5.91 Å². The highest BCUT2D eigenvalue weighted by Gasteiger charge is 2.37. The fourth-order valence-electron chi connectivity index (χ4n) is 3.11. The Bertz CT molecular complexity index is 245. The first-order chi connectivity index (χ1) is 8.61. The molecule has 0 aromatic heterocycles. The lowest BCUT2D eigenvalue weighted by atomic mass is 9.80. The minimum absolute atomic E-state index is 0.266. The van der Waals surface area contributed by atoms with Crippen molar-refractivity contribution in [1.82, 2.24) is 4.90 Å². The van der Waals surface area contributed by atoms with Gasteiger partial charge in [-0.3, -0.25) is 4.79 Å². The van der Waals surface area contributed by atoms with E-state index in [-0.39, 0.29) is 11.3 Å². The molecule has 1 aliphatic rings. The number of hydrogen-bond acceptors (Lipinski definition) is 2. The minimum Gasteiger partial charge on any atom is -0.342 e. The summed E-state index contributed by atoms with van der Waals surface area (Å²) < 4.78 is 0. The molecule has 0 aromatic carbocycles. The Balaban J connectivity index is 2.74. The highest BCUT2D eigenvalue weighted by Crippen LogP contribution is 2.30. The van der Waals surface area contributed by atoms with Crippen molar-refractivity contribution in [1.29, 1.82) is 0 Å². The first-order valence-electron chi connectivity index (χ1n) is 7.58. The summed E-state index contributed by atoms with van der Waals surface area (Å²) in [6, 6.07) is 0.434. The average Bonchev–Trinajstić information content (AvgIpc) is 2.69. The zero-order chi connectivity index (χ0) is 13.6. The van der Waals surface area contributed by atoms with Crippen LogP contribution < -0.4 is 5.73 Å². The summed E-state index contributed by atoms with van der Waals surface area (Å²) in [4.78, 5) is 14.7. The van der Waals surface area contributed by atoms with E-state index < -0.39 is 0 Å². The topological polar surface area (TPSA) is 46.3 Å². The third-order valence-electron chi connectivity index (χ3n) is 4.89. The van der Waals surface area contributed by atoms with Crippen molar-refractivity contribution in [2.24, 2.45) is 11.1 Å². The molecule has 2 N–H and O–H groups in total. The highest BCUT2D eigenvalue weighted by atomic mass is 16.2. The van der Waals surface area contributed by atoms with Gasteiger partial charge in [-0.1, -0.05) is 39.5 Å². The lowest BCUT2D eigenvalue weighted by Crippen LogP contribution is -2.49. The number of rotatable bonds is 5. The predicted molar refractivity (Wildman–Crippen MR) is 76.3 cm³/mol. The second-order valence-corrected chi connectivity index (χ2v) is 5.75. The minimum atomic E-state index is -0.332. The summed E-state index contributed by atoms with van der Waals surface area (Å²) >= 11 is 0. The van der Waals surface area contributed by atoms with Gasteiger partial charge in [0.15, 0.2) is 0 Å². The largest absolute Gasteiger partial charge is 0.342 e. The van der Waals surface area contributed by atoms with Crippen molar-refractivity contribution >= 4 is 5.91 Å². The van der Waals surface area contributed by atoms with Gasteiger partial charge >= 0.3 is 0 Å². The molecular formula is C15H30N2O. The van der Waals surface area contributed by atoms with Crippen molar-refractivity contribution in [2.75, 3.05) is 13.6 Å². The lowest BCUT2D eigenvalue weighted by Gasteiger charge is -2.37. The molecule has 1 amide bonds. The second kappa shape index (κ2) is 7.13. The molecule has 0 radical (unpaired) electrons.